The molecule has 0 spiro atoms. The second-order valence-corrected chi connectivity index (χ2v) is 9.46. The number of benzene rings is 3. The Bertz CT molecular complexity index is 994. The molecule has 0 bridgehead atoms. The molecular weight excluding hydrogens is 428 g/mol. The van der Waals surface area contributed by atoms with Crippen LogP contribution in [0.25, 0.3) is 0 Å². The first-order chi connectivity index (χ1) is 16.0. The van der Waals surface area contributed by atoms with Gasteiger partial charge in [-0.25, -0.2) is 0 Å². The molecule has 1 N–H and O–H groups in total. The summed E-state index contributed by atoms with van der Waals surface area (Å²) >= 11 is 1.66. The maximum absolute atomic E-state index is 13.5. The molecule has 1 atom stereocenters. The van der Waals surface area contributed by atoms with Gasteiger partial charge in [0.2, 0.25) is 11.8 Å². The minimum atomic E-state index is -0.579. The number of carbonyl (C=O) groups is 2. The molecule has 33 heavy (non-hydrogen) atoms. The number of amides is 2. The molecule has 0 aliphatic heterocycles. The fraction of sp³-hybridized carbons (Fsp3) is 0.286. The first kappa shape index (κ1) is 24.6. The largest absolute Gasteiger partial charge is 0.352 e. The van der Waals surface area contributed by atoms with E-state index < -0.39 is 6.04 Å². The second-order valence-electron chi connectivity index (χ2n) is 8.29. The Morgan fingerprint density at radius 1 is 0.818 bits per heavy atom. The van der Waals surface area contributed by atoms with Gasteiger partial charge in [0.05, 0.1) is 0 Å². The van der Waals surface area contributed by atoms with E-state index in [-0.39, 0.29) is 17.9 Å². The molecule has 0 saturated heterocycles. The SMILES string of the molecule is CC(C)NC(=O)[C@H](Cc1ccccc1)N(Cc1ccccc1)C(=O)CCSc1ccccc1. The van der Waals surface area contributed by atoms with Crippen molar-refractivity contribution >= 4 is 23.6 Å². The Kier molecular flexibility index (Phi) is 9.58. The van der Waals surface area contributed by atoms with Gasteiger partial charge in [-0.1, -0.05) is 78.9 Å². The van der Waals surface area contributed by atoms with Gasteiger partial charge in [-0.3, -0.25) is 9.59 Å². The van der Waals surface area contributed by atoms with E-state index >= 15 is 0 Å². The van der Waals surface area contributed by atoms with Crippen molar-refractivity contribution in [3.05, 3.63) is 102 Å². The number of nitrogens with one attached hydrogen (secondary N) is 1. The van der Waals surface area contributed by atoms with Gasteiger partial charge >= 0.3 is 0 Å². The Morgan fingerprint density at radius 2 is 1.36 bits per heavy atom. The first-order valence-electron chi connectivity index (χ1n) is 11.4. The zero-order valence-electron chi connectivity index (χ0n) is 19.3. The van der Waals surface area contributed by atoms with E-state index in [4.69, 9.17) is 0 Å². The zero-order valence-corrected chi connectivity index (χ0v) is 20.1. The zero-order chi connectivity index (χ0) is 23.5. The summed E-state index contributed by atoms with van der Waals surface area (Å²) in [7, 11) is 0. The van der Waals surface area contributed by atoms with Crippen molar-refractivity contribution in [2.45, 2.75) is 50.2 Å². The molecule has 0 aliphatic carbocycles. The summed E-state index contributed by atoms with van der Waals surface area (Å²) in [6, 6.07) is 29.3. The van der Waals surface area contributed by atoms with Gasteiger partial charge < -0.3 is 10.2 Å². The van der Waals surface area contributed by atoms with Gasteiger partial charge in [-0.15, -0.1) is 11.8 Å². The van der Waals surface area contributed by atoms with Crippen molar-refractivity contribution in [1.82, 2.24) is 10.2 Å². The molecule has 0 radical (unpaired) electrons. The van der Waals surface area contributed by atoms with Gasteiger partial charge in [-0.05, 0) is 37.1 Å². The molecule has 3 aromatic carbocycles. The second kappa shape index (κ2) is 12.9. The molecule has 5 heteroatoms. The van der Waals surface area contributed by atoms with Gasteiger partial charge in [0.15, 0.2) is 0 Å². The van der Waals surface area contributed by atoms with Crippen molar-refractivity contribution in [2.75, 3.05) is 5.75 Å². The van der Waals surface area contributed by atoms with E-state index in [0.717, 1.165) is 16.0 Å². The summed E-state index contributed by atoms with van der Waals surface area (Å²) in [5.41, 5.74) is 2.04. The minimum absolute atomic E-state index is 0.00177. The predicted molar refractivity (Wildman–Crippen MR) is 136 cm³/mol. The number of nitrogens with zero attached hydrogens (tertiary/aromatic N) is 1. The molecule has 0 unspecified atom stereocenters. The highest BCUT2D eigenvalue weighted by atomic mass is 32.2. The topological polar surface area (TPSA) is 49.4 Å². The van der Waals surface area contributed by atoms with Crippen LogP contribution in [-0.2, 0) is 22.6 Å². The normalized spacial score (nSPS) is 11.7. The molecule has 0 fully saturated rings. The molecule has 0 heterocycles. The van der Waals surface area contributed by atoms with Crippen molar-refractivity contribution in [3.8, 4) is 0 Å². The fourth-order valence-electron chi connectivity index (χ4n) is 3.63. The summed E-state index contributed by atoms with van der Waals surface area (Å²) < 4.78 is 0. The van der Waals surface area contributed by atoms with Crippen LogP contribution in [0, 0.1) is 0 Å². The molecule has 0 saturated carbocycles. The summed E-state index contributed by atoms with van der Waals surface area (Å²) in [6.45, 7) is 4.29. The average Bonchev–Trinajstić information content (AvgIpc) is 2.83. The first-order valence-corrected chi connectivity index (χ1v) is 12.4. The van der Waals surface area contributed by atoms with E-state index in [1.165, 1.54) is 0 Å². The molecular formula is C28H32N2O2S. The highest BCUT2D eigenvalue weighted by molar-refractivity contribution is 7.99. The van der Waals surface area contributed by atoms with Gasteiger partial charge in [0, 0.05) is 36.1 Å². The highest BCUT2D eigenvalue weighted by Gasteiger charge is 2.30. The average molecular weight is 461 g/mol. The lowest BCUT2D eigenvalue weighted by Crippen LogP contribution is -2.51. The maximum Gasteiger partial charge on any atom is 0.243 e. The number of hydrogen-bond acceptors (Lipinski definition) is 3. The molecule has 0 aliphatic rings. The quantitative estimate of drug-likeness (QED) is 0.393. The lowest BCUT2D eigenvalue weighted by Gasteiger charge is -2.32. The summed E-state index contributed by atoms with van der Waals surface area (Å²) in [5, 5.41) is 3.03. The standard InChI is InChI=1S/C28H32N2O2S/c1-22(2)29-28(32)26(20-23-12-6-3-7-13-23)30(21-24-14-8-4-9-15-24)27(31)18-19-33-25-16-10-5-11-17-25/h3-17,22,26H,18-21H2,1-2H3,(H,29,32)/t26-/m0/s1. The van der Waals surface area contributed by atoms with Crippen molar-refractivity contribution in [1.29, 1.82) is 0 Å². The van der Waals surface area contributed by atoms with Crippen LogP contribution in [0.5, 0.6) is 0 Å². The van der Waals surface area contributed by atoms with E-state index in [0.29, 0.717) is 25.1 Å². The van der Waals surface area contributed by atoms with Crippen molar-refractivity contribution < 1.29 is 9.59 Å². The van der Waals surface area contributed by atoms with Crippen LogP contribution in [0.2, 0.25) is 0 Å². The van der Waals surface area contributed by atoms with Crippen LogP contribution < -0.4 is 5.32 Å². The van der Waals surface area contributed by atoms with Crippen LogP contribution >= 0.6 is 11.8 Å². The minimum Gasteiger partial charge on any atom is -0.352 e. The molecule has 3 rings (SSSR count). The number of rotatable bonds is 11. The number of carbonyl (C=O) groups excluding carboxylic acids is 2. The summed E-state index contributed by atoms with van der Waals surface area (Å²) in [6.07, 6.45) is 0.844. The Morgan fingerprint density at radius 3 is 1.94 bits per heavy atom. The lowest BCUT2D eigenvalue weighted by atomic mass is 10.0. The highest BCUT2D eigenvalue weighted by Crippen LogP contribution is 2.20. The molecule has 3 aromatic rings. The third kappa shape index (κ3) is 8.10. The smallest absolute Gasteiger partial charge is 0.243 e. The van der Waals surface area contributed by atoms with E-state index in [9.17, 15) is 9.59 Å². The Hall–Kier alpha value is -3.05. The Labute approximate surface area is 201 Å². The molecule has 2 amide bonds. The molecule has 172 valence electrons. The number of thioether (sulfide) groups is 1. The van der Waals surface area contributed by atoms with Crippen molar-refractivity contribution in [2.24, 2.45) is 0 Å². The number of hydrogen-bond donors (Lipinski definition) is 1. The Balaban J connectivity index is 1.82. The van der Waals surface area contributed by atoms with Crippen LogP contribution in [0.3, 0.4) is 0 Å². The van der Waals surface area contributed by atoms with Crippen molar-refractivity contribution in [3.63, 3.8) is 0 Å². The van der Waals surface area contributed by atoms with Crippen LogP contribution in [0.15, 0.2) is 95.9 Å². The fourth-order valence-corrected chi connectivity index (χ4v) is 4.49. The summed E-state index contributed by atoms with van der Waals surface area (Å²) in [4.78, 5) is 29.7. The predicted octanol–water partition coefficient (Wildman–Crippen LogP) is 5.33. The van der Waals surface area contributed by atoms with E-state index in [2.05, 4.69) is 5.32 Å². The van der Waals surface area contributed by atoms with Crippen LogP contribution in [0.4, 0.5) is 0 Å². The van der Waals surface area contributed by atoms with E-state index in [1.54, 1.807) is 16.7 Å². The third-order valence-electron chi connectivity index (χ3n) is 5.23. The third-order valence-corrected chi connectivity index (χ3v) is 6.24. The van der Waals surface area contributed by atoms with Crippen LogP contribution in [0.1, 0.15) is 31.4 Å². The maximum atomic E-state index is 13.5. The molecule has 4 nitrogen and oxygen atoms in total. The van der Waals surface area contributed by atoms with Gasteiger partial charge in [0.1, 0.15) is 6.04 Å². The van der Waals surface area contributed by atoms with Gasteiger partial charge in [-0.2, -0.15) is 0 Å². The lowest BCUT2D eigenvalue weighted by molar-refractivity contribution is -0.141. The molecule has 0 aromatic heterocycles. The van der Waals surface area contributed by atoms with Gasteiger partial charge in [0.25, 0.3) is 0 Å². The summed E-state index contributed by atoms with van der Waals surface area (Å²) in [5.74, 6) is 0.536. The van der Waals surface area contributed by atoms with Crippen LogP contribution in [-0.4, -0.2) is 34.6 Å². The van der Waals surface area contributed by atoms with E-state index in [1.807, 2.05) is 105 Å². The monoisotopic (exact) mass is 460 g/mol.